The molecule has 0 unspecified atom stereocenters. The Kier molecular flexibility index (Phi) is 3.39. The first kappa shape index (κ1) is 13.4. The van der Waals surface area contributed by atoms with Crippen LogP contribution in [-0.2, 0) is 10.0 Å². The minimum Gasteiger partial charge on any atom is -0.394 e. The molecule has 0 aliphatic rings. The number of halogens is 1. The molecule has 0 aliphatic heterocycles. The average Bonchev–Trinajstić information content (AvgIpc) is 2.77. The largest absolute Gasteiger partial charge is 0.394 e. The maximum atomic E-state index is 12.1. The van der Waals surface area contributed by atoms with Gasteiger partial charge in [0.25, 0.3) is 10.0 Å². The molecule has 0 aromatic carbocycles. The first-order chi connectivity index (χ1) is 8.31. The first-order valence-electron chi connectivity index (χ1n) is 4.90. The van der Waals surface area contributed by atoms with Gasteiger partial charge in [0.2, 0.25) is 0 Å². The van der Waals surface area contributed by atoms with Crippen molar-refractivity contribution in [2.45, 2.75) is 18.1 Å². The summed E-state index contributed by atoms with van der Waals surface area (Å²) in [4.78, 5) is 0. The summed E-state index contributed by atoms with van der Waals surface area (Å²) in [5.41, 5.74) is 7.48. The minimum absolute atomic E-state index is 0.120. The van der Waals surface area contributed by atoms with Gasteiger partial charge in [0.1, 0.15) is 4.21 Å². The number of aromatic amines is 1. The lowest BCUT2D eigenvalue weighted by Gasteiger charge is -2.03. The number of anilines is 2. The zero-order valence-corrected chi connectivity index (χ0v) is 12.8. The van der Waals surface area contributed by atoms with Crippen LogP contribution in [0.2, 0.25) is 0 Å². The second-order valence-corrected chi connectivity index (χ2v) is 8.02. The molecular formula is C9H11BrN4O2S2. The summed E-state index contributed by atoms with van der Waals surface area (Å²) < 4.78 is 27.6. The van der Waals surface area contributed by atoms with Gasteiger partial charge in [-0.2, -0.15) is 5.10 Å². The van der Waals surface area contributed by atoms with Crippen molar-refractivity contribution in [3.8, 4) is 0 Å². The van der Waals surface area contributed by atoms with Crippen LogP contribution >= 0.6 is 27.3 Å². The molecule has 98 valence electrons. The molecule has 0 amide bonds. The standard InChI is InChI=1S/C9H11BrN4O2S2/c1-4-3-6(17-8(4)10)18(15,16)14-9-7(11)5(2)12-13-9/h3H,11H2,1-2H3,(H2,12,13,14). The fraction of sp³-hybridized carbons (Fsp3) is 0.222. The SMILES string of the molecule is Cc1cc(S(=O)(=O)Nc2n[nH]c(C)c2N)sc1Br. The van der Waals surface area contributed by atoms with E-state index in [1.54, 1.807) is 13.0 Å². The number of nitrogens with one attached hydrogen (secondary N) is 2. The highest BCUT2D eigenvalue weighted by atomic mass is 79.9. The Morgan fingerprint density at radius 2 is 2.17 bits per heavy atom. The van der Waals surface area contributed by atoms with Crippen molar-refractivity contribution < 1.29 is 8.42 Å². The van der Waals surface area contributed by atoms with Crippen molar-refractivity contribution in [2.24, 2.45) is 0 Å². The van der Waals surface area contributed by atoms with Crippen molar-refractivity contribution in [2.75, 3.05) is 10.5 Å². The molecule has 0 radical (unpaired) electrons. The van der Waals surface area contributed by atoms with E-state index in [0.717, 1.165) is 20.7 Å². The van der Waals surface area contributed by atoms with E-state index < -0.39 is 10.0 Å². The predicted molar refractivity (Wildman–Crippen MR) is 75.3 cm³/mol. The topological polar surface area (TPSA) is 101 Å². The molecule has 2 heterocycles. The third-order valence-electron chi connectivity index (χ3n) is 2.33. The van der Waals surface area contributed by atoms with Gasteiger partial charge in [-0.1, -0.05) is 0 Å². The normalized spacial score (nSPS) is 11.7. The average molecular weight is 351 g/mol. The van der Waals surface area contributed by atoms with Crippen LogP contribution in [0.15, 0.2) is 14.1 Å². The number of rotatable bonds is 3. The molecule has 2 aromatic rings. The van der Waals surface area contributed by atoms with Gasteiger partial charge >= 0.3 is 0 Å². The van der Waals surface area contributed by atoms with Crippen molar-refractivity contribution in [1.29, 1.82) is 0 Å². The number of nitrogen functional groups attached to an aromatic ring is 1. The van der Waals surface area contributed by atoms with E-state index >= 15 is 0 Å². The molecule has 2 rings (SSSR count). The monoisotopic (exact) mass is 350 g/mol. The van der Waals surface area contributed by atoms with E-state index in [0.29, 0.717) is 11.4 Å². The van der Waals surface area contributed by atoms with E-state index in [2.05, 4.69) is 30.8 Å². The molecule has 18 heavy (non-hydrogen) atoms. The van der Waals surface area contributed by atoms with E-state index in [-0.39, 0.29) is 10.0 Å². The highest BCUT2D eigenvalue weighted by molar-refractivity contribution is 9.11. The number of nitrogens with zero attached hydrogens (tertiary/aromatic N) is 1. The van der Waals surface area contributed by atoms with Crippen LogP contribution in [0.1, 0.15) is 11.3 Å². The molecule has 6 nitrogen and oxygen atoms in total. The van der Waals surface area contributed by atoms with Crippen LogP contribution in [0.4, 0.5) is 11.5 Å². The van der Waals surface area contributed by atoms with E-state index in [1.165, 1.54) is 0 Å². The van der Waals surface area contributed by atoms with Crippen LogP contribution in [-0.4, -0.2) is 18.6 Å². The summed E-state index contributed by atoms with van der Waals surface area (Å²) in [5, 5.41) is 6.43. The Balaban J connectivity index is 2.36. The summed E-state index contributed by atoms with van der Waals surface area (Å²) in [6.45, 7) is 3.54. The van der Waals surface area contributed by atoms with Crippen molar-refractivity contribution in [3.05, 3.63) is 21.1 Å². The van der Waals surface area contributed by atoms with Crippen LogP contribution in [0.3, 0.4) is 0 Å². The molecule has 0 bridgehead atoms. The number of hydrogen-bond acceptors (Lipinski definition) is 5. The third-order valence-corrected chi connectivity index (χ3v) is 6.27. The van der Waals surface area contributed by atoms with Gasteiger partial charge < -0.3 is 5.73 Å². The van der Waals surface area contributed by atoms with Gasteiger partial charge in [-0.25, -0.2) is 8.42 Å². The summed E-state index contributed by atoms with van der Waals surface area (Å²) in [6, 6.07) is 1.59. The maximum Gasteiger partial charge on any atom is 0.272 e. The van der Waals surface area contributed by atoms with E-state index in [4.69, 9.17) is 5.73 Å². The van der Waals surface area contributed by atoms with Gasteiger partial charge in [-0.3, -0.25) is 9.82 Å². The highest BCUT2D eigenvalue weighted by Crippen LogP contribution is 2.32. The number of aromatic nitrogens is 2. The van der Waals surface area contributed by atoms with Gasteiger partial charge in [-0.05, 0) is 41.4 Å². The maximum absolute atomic E-state index is 12.1. The first-order valence-corrected chi connectivity index (χ1v) is 7.99. The molecule has 0 saturated carbocycles. The molecule has 0 saturated heterocycles. The summed E-state index contributed by atoms with van der Waals surface area (Å²) in [6.07, 6.45) is 0. The molecule has 0 atom stereocenters. The number of nitrogens with two attached hydrogens (primary N) is 1. The number of aryl methyl sites for hydroxylation is 2. The number of H-pyrrole nitrogens is 1. The van der Waals surface area contributed by atoms with E-state index in [9.17, 15) is 8.42 Å². The lowest BCUT2D eigenvalue weighted by molar-refractivity contribution is 0.603. The predicted octanol–water partition coefficient (Wildman–Crippen LogP) is 2.23. The lowest BCUT2D eigenvalue weighted by Crippen LogP contribution is -2.13. The van der Waals surface area contributed by atoms with Crippen molar-refractivity contribution in [1.82, 2.24) is 10.2 Å². The van der Waals surface area contributed by atoms with Crippen LogP contribution in [0.5, 0.6) is 0 Å². The van der Waals surface area contributed by atoms with Crippen LogP contribution in [0.25, 0.3) is 0 Å². The number of sulfonamides is 1. The zero-order chi connectivity index (χ0) is 13.5. The van der Waals surface area contributed by atoms with Crippen molar-refractivity contribution >= 4 is 48.8 Å². The smallest absolute Gasteiger partial charge is 0.272 e. The van der Waals surface area contributed by atoms with Crippen LogP contribution in [0, 0.1) is 13.8 Å². The van der Waals surface area contributed by atoms with E-state index in [1.807, 2.05) is 6.92 Å². The Labute approximate surface area is 117 Å². The molecule has 2 aromatic heterocycles. The Morgan fingerprint density at radius 1 is 1.50 bits per heavy atom. The van der Waals surface area contributed by atoms with Gasteiger partial charge in [0.05, 0.1) is 15.2 Å². The second kappa shape index (κ2) is 4.56. The molecule has 0 spiro atoms. The van der Waals surface area contributed by atoms with Crippen LogP contribution < -0.4 is 10.5 Å². The van der Waals surface area contributed by atoms with Gasteiger partial charge in [0.15, 0.2) is 5.82 Å². The molecule has 9 heteroatoms. The highest BCUT2D eigenvalue weighted by Gasteiger charge is 2.21. The summed E-state index contributed by atoms with van der Waals surface area (Å²) >= 11 is 4.43. The number of thiophene rings is 1. The number of hydrogen-bond donors (Lipinski definition) is 3. The third kappa shape index (κ3) is 2.38. The molecule has 4 N–H and O–H groups in total. The quantitative estimate of drug-likeness (QED) is 0.789. The zero-order valence-electron chi connectivity index (χ0n) is 9.61. The minimum atomic E-state index is -3.65. The molecule has 0 fully saturated rings. The Bertz CT molecular complexity index is 670. The molecular weight excluding hydrogens is 340 g/mol. The fourth-order valence-electron chi connectivity index (χ4n) is 1.26. The van der Waals surface area contributed by atoms with Crippen molar-refractivity contribution in [3.63, 3.8) is 0 Å². The summed E-state index contributed by atoms with van der Waals surface area (Å²) in [7, 11) is -3.65. The Morgan fingerprint density at radius 3 is 2.61 bits per heavy atom. The van der Waals surface area contributed by atoms with Gasteiger partial charge in [-0.15, -0.1) is 11.3 Å². The fourth-order valence-corrected chi connectivity index (χ4v) is 4.51. The summed E-state index contributed by atoms with van der Waals surface area (Å²) in [5.74, 6) is 0.120. The lowest BCUT2D eigenvalue weighted by atomic mass is 10.4. The van der Waals surface area contributed by atoms with Gasteiger partial charge in [0, 0.05) is 0 Å². The second-order valence-electron chi connectivity index (χ2n) is 3.74. The Hall–Kier alpha value is -1.06. The molecule has 0 aliphatic carbocycles.